The van der Waals surface area contributed by atoms with Crippen molar-refractivity contribution < 1.29 is 14.3 Å². The highest BCUT2D eigenvalue weighted by molar-refractivity contribution is 5.90. The smallest absolute Gasteiger partial charge is 0.293 e. The Morgan fingerprint density at radius 1 is 1.26 bits per heavy atom. The van der Waals surface area contributed by atoms with E-state index in [-0.39, 0.29) is 5.91 Å². The van der Waals surface area contributed by atoms with Gasteiger partial charge in [0.1, 0.15) is 0 Å². The van der Waals surface area contributed by atoms with E-state index in [1.165, 1.54) is 5.56 Å². The Kier molecular flexibility index (Phi) is 7.32. The average molecular weight is 263 g/mol. The summed E-state index contributed by atoms with van der Waals surface area (Å²) in [7, 11) is 0. The van der Waals surface area contributed by atoms with Crippen molar-refractivity contribution in [3.63, 3.8) is 0 Å². The third-order valence-corrected chi connectivity index (χ3v) is 2.76. The van der Waals surface area contributed by atoms with E-state index in [4.69, 9.17) is 0 Å². The van der Waals surface area contributed by atoms with Crippen LogP contribution in [0.25, 0.3) is 0 Å². The number of carbonyl (C=O) groups excluding carboxylic acids is 2. The maximum Gasteiger partial charge on any atom is 0.293 e. The molecule has 1 aromatic carbocycles. The molecule has 1 N–H and O–H groups in total. The number of aryl methyl sites for hydroxylation is 1. The fraction of sp³-hybridized carbons (Fsp3) is 0.467. The number of amides is 1. The highest BCUT2D eigenvalue weighted by atomic mass is 16.5. The molecule has 1 rings (SSSR count). The summed E-state index contributed by atoms with van der Waals surface area (Å²) in [6.45, 7) is 2.94. The summed E-state index contributed by atoms with van der Waals surface area (Å²) in [6.07, 6.45) is 4.21. The van der Waals surface area contributed by atoms with E-state index < -0.39 is 0 Å². The van der Waals surface area contributed by atoms with Crippen LogP contribution >= 0.6 is 0 Å². The molecule has 4 nitrogen and oxygen atoms in total. The highest BCUT2D eigenvalue weighted by Crippen LogP contribution is 2.12. The maximum atomic E-state index is 11.4. The lowest BCUT2D eigenvalue weighted by molar-refractivity contribution is -0.128. The first-order chi connectivity index (χ1) is 9.26. The lowest BCUT2D eigenvalue weighted by Gasteiger charge is -2.06. The molecule has 0 saturated heterocycles. The quantitative estimate of drug-likeness (QED) is 0.550. The molecule has 0 radical (unpaired) electrons. The number of benzene rings is 1. The first-order valence-corrected chi connectivity index (χ1v) is 6.70. The summed E-state index contributed by atoms with van der Waals surface area (Å²) in [6, 6.07) is 7.87. The third kappa shape index (κ3) is 6.60. The van der Waals surface area contributed by atoms with Gasteiger partial charge in [0.2, 0.25) is 5.91 Å². The van der Waals surface area contributed by atoms with Gasteiger partial charge >= 0.3 is 0 Å². The largest absolute Gasteiger partial charge is 0.468 e. The van der Waals surface area contributed by atoms with Crippen LogP contribution in [0.3, 0.4) is 0 Å². The summed E-state index contributed by atoms with van der Waals surface area (Å²) in [5, 5.41) is 2.86. The van der Waals surface area contributed by atoms with Crippen LogP contribution in [0.4, 0.5) is 5.69 Å². The molecule has 0 saturated carbocycles. The number of ether oxygens (including phenoxy) is 1. The molecule has 0 unspecified atom stereocenters. The van der Waals surface area contributed by atoms with Gasteiger partial charge in [-0.3, -0.25) is 9.59 Å². The number of rotatable bonds is 9. The van der Waals surface area contributed by atoms with Gasteiger partial charge < -0.3 is 10.1 Å². The second kappa shape index (κ2) is 9.14. The zero-order valence-electron chi connectivity index (χ0n) is 11.4. The van der Waals surface area contributed by atoms with Crippen molar-refractivity contribution in [1.29, 1.82) is 0 Å². The number of nitrogens with one attached hydrogen (secondary N) is 1. The van der Waals surface area contributed by atoms with E-state index in [9.17, 15) is 9.59 Å². The number of anilines is 1. The van der Waals surface area contributed by atoms with Gasteiger partial charge in [0.15, 0.2) is 0 Å². The van der Waals surface area contributed by atoms with E-state index in [2.05, 4.69) is 10.1 Å². The minimum Gasteiger partial charge on any atom is -0.468 e. The van der Waals surface area contributed by atoms with Crippen molar-refractivity contribution in [1.82, 2.24) is 0 Å². The summed E-state index contributed by atoms with van der Waals surface area (Å²) >= 11 is 0. The summed E-state index contributed by atoms with van der Waals surface area (Å²) in [5.41, 5.74) is 2.06. The predicted octanol–water partition coefficient (Wildman–Crippen LogP) is 2.92. The molecular formula is C15H21NO3. The minimum atomic E-state index is 0.0567. The van der Waals surface area contributed by atoms with E-state index in [1.807, 2.05) is 31.2 Å². The van der Waals surface area contributed by atoms with Crippen LogP contribution in [0, 0.1) is 0 Å². The molecule has 0 aliphatic rings. The van der Waals surface area contributed by atoms with E-state index in [0.717, 1.165) is 31.4 Å². The molecule has 0 atom stereocenters. The molecule has 1 amide bonds. The number of hydrogen-bond acceptors (Lipinski definition) is 3. The normalized spacial score (nSPS) is 9.95. The maximum absolute atomic E-state index is 11.4. The first-order valence-electron chi connectivity index (χ1n) is 6.70. The van der Waals surface area contributed by atoms with Crippen molar-refractivity contribution in [2.45, 2.75) is 39.0 Å². The van der Waals surface area contributed by atoms with Gasteiger partial charge in [0.05, 0.1) is 6.61 Å². The summed E-state index contributed by atoms with van der Waals surface area (Å²) in [4.78, 5) is 21.4. The second-order valence-electron chi connectivity index (χ2n) is 4.42. The lowest BCUT2D eigenvalue weighted by Crippen LogP contribution is -2.10. The van der Waals surface area contributed by atoms with Gasteiger partial charge in [0.25, 0.3) is 6.47 Å². The van der Waals surface area contributed by atoms with Crippen LogP contribution in [-0.2, 0) is 20.7 Å². The highest BCUT2D eigenvalue weighted by Gasteiger charge is 2.00. The monoisotopic (exact) mass is 263 g/mol. The standard InChI is InChI=1S/C15H21NO3/c1-2-5-15(18)16-14-9-7-13(8-10-14)6-3-4-11-19-12-17/h7-10,12H,2-6,11H2,1H3,(H,16,18). The minimum absolute atomic E-state index is 0.0567. The van der Waals surface area contributed by atoms with E-state index in [1.54, 1.807) is 0 Å². The van der Waals surface area contributed by atoms with Crippen molar-refractivity contribution in [2.24, 2.45) is 0 Å². The van der Waals surface area contributed by atoms with Gasteiger partial charge in [-0.25, -0.2) is 0 Å². The summed E-state index contributed by atoms with van der Waals surface area (Å²) in [5.74, 6) is 0.0567. The molecule has 0 bridgehead atoms. The summed E-state index contributed by atoms with van der Waals surface area (Å²) < 4.78 is 4.63. The van der Waals surface area contributed by atoms with Crippen LogP contribution < -0.4 is 5.32 Å². The SMILES string of the molecule is CCCC(=O)Nc1ccc(CCCCOC=O)cc1. The molecule has 0 aromatic heterocycles. The van der Waals surface area contributed by atoms with Gasteiger partial charge in [0, 0.05) is 12.1 Å². The molecule has 0 heterocycles. The number of carbonyl (C=O) groups is 2. The van der Waals surface area contributed by atoms with Gasteiger partial charge in [-0.2, -0.15) is 0 Å². The van der Waals surface area contributed by atoms with Gasteiger partial charge in [-0.15, -0.1) is 0 Å². The second-order valence-corrected chi connectivity index (χ2v) is 4.42. The molecule has 0 aliphatic carbocycles. The van der Waals surface area contributed by atoms with Crippen molar-refractivity contribution in [3.05, 3.63) is 29.8 Å². The molecule has 1 aromatic rings. The van der Waals surface area contributed by atoms with Crippen LogP contribution in [0.2, 0.25) is 0 Å². The predicted molar refractivity (Wildman–Crippen MR) is 74.9 cm³/mol. The number of hydrogen-bond donors (Lipinski definition) is 1. The fourth-order valence-corrected chi connectivity index (χ4v) is 1.77. The molecule has 0 fully saturated rings. The Morgan fingerprint density at radius 3 is 2.63 bits per heavy atom. The van der Waals surface area contributed by atoms with Crippen LogP contribution in [0.1, 0.15) is 38.2 Å². The van der Waals surface area contributed by atoms with Crippen LogP contribution in [0.15, 0.2) is 24.3 Å². The average Bonchev–Trinajstić information content (AvgIpc) is 2.41. The van der Waals surface area contributed by atoms with Crippen LogP contribution in [0.5, 0.6) is 0 Å². The molecule has 104 valence electrons. The Labute approximate surface area is 114 Å². The van der Waals surface area contributed by atoms with Gasteiger partial charge in [-0.05, 0) is 43.4 Å². The Hall–Kier alpha value is -1.84. The van der Waals surface area contributed by atoms with Crippen molar-refractivity contribution in [3.8, 4) is 0 Å². The third-order valence-electron chi connectivity index (χ3n) is 2.76. The Balaban J connectivity index is 2.30. The zero-order valence-corrected chi connectivity index (χ0v) is 11.4. The van der Waals surface area contributed by atoms with E-state index >= 15 is 0 Å². The van der Waals surface area contributed by atoms with Crippen molar-refractivity contribution in [2.75, 3.05) is 11.9 Å². The Bertz CT molecular complexity index is 387. The fourth-order valence-electron chi connectivity index (χ4n) is 1.77. The molecular weight excluding hydrogens is 242 g/mol. The molecule has 19 heavy (non-hydrogen) atoms. The van der Waals surface area contributed by atoms with E-state index in [0.29, 0.717) is 19.5 Å². The number of unbranched alkanes of at least 4 members (excludes halogenated alkanes) is 1. The first kappa shape index (κ1) is 15.2. The Morgan fingerprint density at radius 2 is 2.00 bits per heavy atom. The topological polar surface area (TPSA) is 55.4 Å². The zero-order chi connectivity index (χ0) is 13.9. The van der Waals surface area contributed by atoms with Crippen LogP contribution in [-0.4, -0.2) is 19.0 Å². The lowest BCUT2D eigenvalue weighted by atomic mass is 10.1. The van der Waals surface area contributed by atoms with Crippen molar-refractivity contribution >= 4 is 18.1 Å². The molecule has 0 spiro atoms. The molecule has 4 heteroatoms. The van der Waals surface area contributed by atoms with Gasteiger partial charge in [-0.1, -0.05) is 19.1 Å². The molecule has 0 aliphatic heterocycles.